The molecular weight excluding hydrogens is 295 g/mol. The molecule has 1 aliphatic carbocycles. The van der Waals surface area contributed by atoms with Gasteiger partial charge in [-0.2, -0.15) is 0 Å². The zero-order chi connectivity index (χ0) is 15.7. The molecule has 3 N–H and O–H groups in total. The van der Waals surface area contributed by atoms with E-state index in [2.05, 4.69) is 12.2 Å². The van der Waals surface area contributed by atoms with Gasteiger partial charge in [-0.25, -0.2) is 17.9 Å². The van der Waals surface area contributed by atoms with Crippen molar-refractivity contribution in [2.45, 2.75) is 37.5 Å². The molecule has 5 nitrogen and oxygen atoms in total. The fraction of sp³-hybridized carbons (Fsp3) is 0.500. The second-order valence-corrected chi connectivity index (χ2v) is 7.48. The van der Waals surface area contributed by atoms with Crippen LogP contribution in [0.2, 0.25) is 0 Å². The lowest BCUT2D eigenvalue weighted by atomic mass is 9.89. The minimum absolute atomic E-state index is 0.0411. The highest BCUT2D eigenvalue weighted by atomic mass is 32.2. The monoisotopic (exact) mass is 314 g/mol. The number of benzene rings is 1. The molecular formula is C14H19FN2O3S. The van der Waals surface area contributed by atoms with E-state index in [4.69, 9.17) is 5.14 Å². The summed E-state index contributed by atoms with van der Waals surface area (Å²) in [6.07, 6.45) is 4.36. The highest BCUT2D eigenvalue weighted by Gasteiger charge is 2.29. The van der Waals surface area contributed by atoms with Crippen LogP contribution in [0.1, 0.15) is 43.0 Å². The SMILES string of the molecule is CC1(CNC(=O)c2cc(F)cc(S(N)(=O)=O)c2)CCCC1. The Balaban J connectivity index is 2.14. The number of hydrogen-bond donors (Lipinski definition) is 2. The Morgan fingerprint density at radius 1 is 1.33 bits per heavy atom. The number of carbonyl (C=O) groups is 1. The van der Waals surface area contributed by atoms with Gasteiger partial charge in [-0.1, -0.05) is 19.8 Å². The molecule has 1 amide bonds. The quantitative estimate of drug-likeness (QED) is 0.888. The van der Waals surface area contributed by atoms with Crippen LogP contribution in [0.15, 0.2) is 23.1 Å². The Morgan fingerprint density at radius 3 is 2.52 bits per heavy atom. The van der Waals surface area contributed by atoms with Crippen molar-refractivity contribution in [3.8, 4) is 0 Å². The average molecular weight is 314 g/mol. The third kappa shape index (κ3) is 4.01. The van der Waals surface area contributed by atoms with Crippen molar-refractivity contribution in [2.75, 3.05) is 6.54 Å². The summed E-state index contributed by atoms with van der Waals surface area (Å²) >= 11 is 0. The fourth-order valence-electron chi connectivity index (χ4n) is 2.66. The van der Waals surface area contributed by atoms with Crippen LogP contribution >= 0.6 is 0 Å². The smallest absolute Gasteiger partial charge is 0.251 e. The molecule has 1 fully saturated rings. The molecule has 1 aliphatic rings. The molecule has 2 rings (SSSR count). The van der Waals surface area contributed by atoms with Gasteiger partial charge in [0.1, 0.15) is 5.82 Å². The lowest BCUT2D eigenvalue weighted by Gasteiger charge is -2.23. The van der Waals surface area contributed by atoms with E-state index < -0.39 is 26.6 Å². The highest BCUT2D eigenvalue weighted by molar-refractivity contribution is 7.89. The minimum Gasteiger partial charge on any atom is -0.351 e. The minimum atomic E-state index is -4.04. The molecule has 0 unspecified atom stereocenters. The molecule has 0 atom stereocenters. The second-order valence-electron chi connectivity index (χ2n) is 5.92. The molecule has 1 aromatic rings. The van der Waals surface area contributed by atoms with Crippen LogP contribution in [-0.4, -0.2) is 20.9 Å². The molecule has 0 aliphatic heterocycles. The molecule has 7 heteroatoms. The second kappa shape index (κ2) is 5.73. The molecule has 1 aromatic carbocycles. The van der Waals surface area contributed by atoms with Gasteiger partial charge in [-0.3, -0.25) is 4.79 Å². The van der Waals surface area contributed by atoms with Gasteiger partial charge in [0.25, 0.3) is 5.91 Å². The Hall–Kier alpha value is -1.47. The molecule has 0 saturated heterocycles. The lowest BCUT2D eigenvalue weighted by molar-refractivity contribution is 0.0933. The number of nitrogens with one attached hydrogen (secondary N) is 1. The summed E-state index contributed by atoms with van der Waals surface area (Å²) in [5, 5.41) is 7.71. The predicted molar refractivity (Wildman–Crippen MR) is 76.7 cm³/mol. The van der Waals surface area contributed by atoms with Gasteiger partial charge in [0, 0.05) is 12.1 Å². The van der Waals surface area contributed by atoms with Gasteiger partial charge < -0.3 is 5.32 Å². The van der Waals surface area contributed by atoms with E-state index in [1.165, 1.54) is 0 Å². The van der Waals surface area contributed by atoms with Crippen LogP contribution in [0.25, 0.3) is 0 Å². The van der Waals surface area contributed by atoms with E-state index in [1.54, 1.807) is 0 Å². The van der Waals surface area contributed by atoms with Crippen molar-refractivity contribution in [1.82, 2.24) is 5.32 Å². The maximum atomic E-state index is 13.4. The Morgan fingerprint density at radius 2 is 1.95 bits per heavy atom. The number of amides is 1. The maximum absolute atomic E-state index is 13.4. The molecule has 0 spiro atoms. The van der Waals surface area contributed by atoms with E-state index >= 15 is 0 Å². The molecule has 116 valence electrons. The molecule has 1 saturated carbocycles. The summed E-state index contributed by atoms with van der Waals surface area (Å²) in [5.41, 5.74) is 0.0202. The van der Waals surface area contributed by atoms with Gasteiger partial charge >= 0.3 is 0 Å². The standard InChI is InChI=1S/C14H19FN2O3S/c1-14(4-2-3-5-14)9-17-13(18)10-6-11(15)8-12(7-10)21(16,19)20/h6-8H,2-5,9H2,1H3,(H,17,18)(H2,16,19,20). The van der Waals surface area contributed by atoms with Crippen LogP contribution in [0.3, 0.4) is 0 Å². The third-order valence-corrected chi connectivity index (χ3v) is 4.84. The predicted octanol–water partition coefficient (Wildman–Crippen LogP) is 1.78. The number of rotatable bonds is 4. The van der Waals surface area contributed by atoms with Crippen LogP contribution in [0, 0.1) is 11.2 Å². The van der Waals surface area contributed by atoms with Crippen LogP contribution in [0.5, 0.6) is 0 Å². The summed E-state index contributed by atoms with van der Waals surface area (Å²) in [4.78, 5) is 11.7. The number of halogens is 1. The Labute approximate surface area is 123 Å². The highest BCUT2D eigenvalue weighted by Crippen LogP contribution is 2.36. The van der Waals surface area contributed by atoms with Crippen molar-refractivity contribution >= 4 is 15.9 Å². The van der Waals surface area contributed by atoms with Gasteiger partial charge in [-0.05, 0) is 36.5 Å². The van der Waals surface area contributed by atoms with Crippen molar-refractivity contribution in [3.05, 3.63) is 29.6 Å². The van der Waals surface area contributed by atoms with Gasteiger partial charge in [-0.15, -0.1) is 0 Å². The number of hydrogen-bond acceptors (Lipinski definition) is 3. The number of carbonyl (C=O) groups excluding carboxylic acids is 1. The van der Waals surface area contributed by atoms with Crippen molar-refractivity contribution in [3.63, 3.8) is 0 Å². The first kappa shape index (κ1) is 15.9. The van der Waals surface area contributed by atoms with Crippen molar-refractivity contribution in [2.24, 2.45) is 10.6 Å². The lowest BCUT2D eigenvalue weighted by Crippen LogP contribution is -2.34. The normalized spacial score (nSPS) is 17.7. The zero-order valence-electron chi connectivity index (χ0n) is 11.9. The van der Waals surface area contributed by atoms with Gasteiger partial charge in [0.15, 0.2) is 0 Å². The van der Waals surface area contributed by atoms with E-state index in [-0.39, 0.29) is 11.0 Å². The fourth-order valence-corrected chi connectivity index (χ4v) is 3.23. The summed E-state index contributed by atoms with van der Waals surface area (Å²) in [6, 6.07) is 2.89. The summed E-state index contributed by atoms with van der Waals surface area (Å²) in [7, 11) is -4.04. The Kier molecular flexibility index (Phi) is 4.34. The molecule has 0 heterocycles. The first-order valence-electron chi connectivity index (χ1n) is 6.81. The topological polar surface area (TPSA) is 89.3 Å². The summed E-state index contributed by atoms with van der Waals surface area (Å²) < 4.78 is 35.9. The van der Waals surface area contributed by atoms with E-state index in [0.717, 1.165) is 43.9 Å². The van der Waals surface area contributed by atoms with Crippen molar-refractivity contribution in [1.29, 1.82) is 0 Å². The van der Waals surface area contributed by atoms with Crippen LogP contribution < -0.4 is 10.5 Å². The van der Waals surface area contributed by atoms with E-state index in [1.807, 2.05) is 0 Å². The van der Waals surface area contributed by atoms with Crippen molar-refractivity contribution < 1.29 is 17.6 Å². The van der Waals surface area contributed by atoms with Gasteiger partial charge in [0.05, 0.1) is 4.90 Å². The average Bonchev–Trinajstić information content (AvgIpc) is 2.82. The summed E-state index contributed by atoms with van der Waals surface area (Å²) in [6.45, 7) is 2.59. The zero-order valence-corrected chi connectivity index (χ0v) is 12.7. The van der Waals surface area contributed by atoms with E-state index in [0.29, 0.717) is 6.54 Å². The van der Waals surface area contributed by atoms with Crippen LogP contribution in [0.4, 0.5) is 4.39 Å². The number of sulfonamides is 1. The first-order chi connectivity index (χ1) is 9.70. The van der Waals surface area contributed by atoms with Gasteiger partial charge in [0.2, 0.25) is 10.0 Å². The molecule has 0 bridgehead atoms. The van der Waals surface area contributed by atoms with E-state index in [9.17, 15) is 17.6 Å². The first-order valence-corrected chi connectivity index (χ1v) is 8.36. The molecule has 0 radical (unpaired) electrons. The Bertz CT molecular complexity index is 652. The molecule has 21 heavy (non-hydrogen) atoms. The number of primary sulfonamides is 1. The van der Waals surface area contributed by atoms with Crippen LogP contribution in [-0.2, 0) is 10.0 Å². The number of nitrogens with two attached hydrogens (primary N) is 1. The summed E-state index contributed by atoms with van der Waals surface area (Å²) in [5.74, 6) is -1.30. The third-order valence-electron chi connectivity index (χ3n) is 3.95. The largest absolute Gasteiger partial charge is 0.351 e. The molecule has 0 aromatic heterocycles. The maximum Gasteiger partial charge on any atom is 0.251 e.